The third-order valence-corrected chi connectivity index (χ3v) is 4.62. The Balaban J connectivity index is 2.24. The van der Waals surface area contributed by atoms with Gasteiger partial charge in [0, 0.05) is 11.3 Å². The lowest BCUT2D eigenvalue weighted by molar-refractivity contribution is -0.137. The number of hydrogen-bond donors (Lipinski definition) is 1. The van der Waals surface area contributed by atoms with E-state index in [9.17, 15) is 23.2 Å². The topological polar surface area (TPSA) is 56.6 Å². The summed E-state index contributed by atoms with van der Waals surface area (Å²) in [6.45, 7) is 0. The van der Waals surface area contributed by atoms with Gasteiger partial charge in [-0.3, -0.25) is 4.79 Å². The molecule has 0 fully saturated rings. The van der Waals surface area contributed by atoms with Crippen LogP contribution in [0.2, 0.25) is 10.0 Å². The summed E-state index contributed by atoms with van der Waals surface area (Å²) >= 11 is 11.9. The van der Waals surface area contributed by atoms with E-state index >= 15 is 0 Å². The van der Waals surface area contributed by atoms with Crippen molar-refractivity contribution in [1.29, 1.82) is 5.26 Å². The van der Waals surface area contributed by atoms with E-state index < -0.39 is 17.3 Å². The van der Waals surface area contributed by atoms with E-state index in [2.05, 4.69) is 4.98 Å². The number of aromatic amines is 1. The largest absolute Gasteiger partial charge is 0.416 e. The van der Waals surface area contributed by atoms with Gasteiger partial charge in [0.15, 0.2) is 0 Å². The SMILES string of the molecule is N#Cc1c(-c2cccc(C(F)(F)F)c2)cc(-c2ccc(Cl)c(Cl)c2)[nH]c1=O. The molecule has 0 atom stereocenters. The van der Waals surface area contributed by atoms with Crippen LogP contribution in [0.5, 0.6) is 0 Å². The number of aromatic nitrogens is 1. The van der Waals surface area contributed by atoms with Crippen LogP contribution in [0, 0.1) is 11.3 Å². The van der Waals surface area contributed by atoms with Crippen LogP contribution in [0.1, 0.15) is 11.1 Å². The van der Waals surface area contributed by atoms with E-state index in [1.165, 1.54) is 30.3 Å². The van der Waals surface area contributed by atoms with Gasteiger partial charge in [0.2, 0.25) is 0 Å². The van der Waals surface area contributed by atoms with E-state index in [-0.39, 0.29) is 21.7 Å². The molecule has 0 bridgehead atoms. The minimum atomic E-state index is -4.55. The number of hydrogen-bond acceptors (Lipinski definition) is 2. The first kappa shape index (κ1) is 19.0. The molecule has 0 saturated carbocycles. The van der Waals surface area contributed by atoms with Gasteiger partial charge >= 0.3 is 6.18 Å². The maximum Gasteiger partial charge on any atom is 0.416 e. The van der Waals surface area contributed by atoms with Gasteiger partial charge in [0.05, 0.1) is 15.6 Å². The highest BCUT2D eigenvalue weighted by Gasteiger charge is 2.30. The molecule has 2 aromatic carbocycles. The van der Waals surface area contributed by atoms with Crippen molar-refractivity contribution >= 4 is 23.2 Å². The summed E-state index contributed by atoms with van der Waals surface area (Å²) in [6, 6.07) is 12.3. The molecule has 1 heterocycles. The Morgan fingerprint density at radius 2 is 1.70 bits per heavy atom. The molecule has 0 aliphatic rings. The molecule has 8 heteroatoms. The second kappa shape index (κ2) is 7.10. The number of nitriles is 1. The maximum atomic E-state index is 13.0. The van der Waals surface area contributed by atoms with Crippen molar-refractivity contribution in [1.82, 2.24) is 4.98 Å². The summed E-state index contributed by atoms with van der Waals surface area (Å²) in [5.41, 5.74) is -0.877. The molecule has 3 aromatic rings. The van der Waals surface area contributed by atoms with E-state index in [1.54, 1.807) is 12.1 Å². The number of nitrogens with one attached hydrogen (secondary N) is 1. The molecule has 0 unspecified atom stereocenters. The van der Waals surface area contributed by atoms with Crippen LogP contribution in [0.3, 0.4) is 0 Å². The van der Waals surface area contributed by atoms with Crippen LogP contribution < -0.4 is 5.56 Å². The summed E-state index contributed by atoms with van der Waals surface area (Å²) in [5.74, 6) is 0. The third-order valence-electron chi connectivity index (χ3n) is 3.88. The Bertz CT molecular complexity index is 1130. The molecular formula is C19H9Cl2F3N2O. The van der Waals surface area contributed by atoms with Crippen molar-refractivity contribution in [3.63, 3.8) is 0 Å². The molecular weight excluding hydrogens is 400 g/mol. The van der Waals surface area contributed by atoms with Crippen LogP contribution in [-0.4, -0.2) is 4.98 Å². The van der Waals surface area contributed by atoms with Crippen molar-refractivity contribution in [2.24, 2.45) is 0 Å². The second-order valence-electron chi connectivity index (χ2n) is 5.62. The van der Waals surface area contributed by atoms with E-state index in [0.29, 0.717) is 16.3 Å². The molecule has 0 aliphatic carbocycles. The first-order valence-corrected chi connectivity index (χ1v) is 8.27. The molecule has 1 N–H and O–H groups in total. The minimum absolute atomic E-state index is 0.0911. The molecule has 0 amide bonds. The maximum absolute atomic E-state index is 13.0. The van der Waals surface area contributed by atoms with Gasteiger partial charge in [0.25, 0.3) is 5.56 Å². The van der Waals surface area contributed by atoms with Crippen molar-refractivity contribution in [2.75, 3.05) is 0 Å². The fourth-order valence-electron chi connectivity index (χ4n) is 2.58. The zero-order valence-corrected chi connectivity index (χ0v) is 14.9. The van der Waals surface area contributed by atoms with Gasteiger partial charge in [-0.1, -0.05) is 41.4 Å². The monoisotopic (exact) mass is 408 g/mol. The van der Waals surface area contributed by atoms with Crippen LogP contribution in [0.25, 0.3) is 22.4 Å². The molecule has 0 aliphatic heterocycles. The normalized spacial score (nSPS) is 11.3. The van der Waals surface area contributed by atoms with Gasteiger partial charge < -0.3 is 4.98 Å². The number of rotatable bonds is 2. The van der Waals surface area contributed by atoms with E-state index in [0.717, 1.165) is 12.1 Å². The number of nitrogens with zero attached hydrogens (tertiary/aromatic N) is 1. The highest BCUT2D eigenvalue weighted by atomic mass is 35.5. The van der Waals surface area contributed by atoms with Crippen molar-refractivity contribution in [2.45, 2.75) is 6.18 Å². The fraction of sp³-hybridized carbons (Fsp3) is 0.0526. The van der Waals surface area contributed by atoms with Crippen LogP contribution in [0.15, 0.2) is 53.3 Å². The number of alkyl halides is 3. The van der Waals surface area contributed by atoms with Crippen LogP contribution in [-0.2, 0) is 6.18 Å². The van der Waals surface area contributed by atoms with Gasteiger partial charge in [-0.2, -0.15) is 18.4 Å². The van der Waals surface area contributed by atoms with Crippen molar-refractivity contribution < 1.29 is 13.2 Å². The Hall–Kier alpha value is -2.75. The summed E-state index contributed by atoms with van der Waals surface area (Å²) in [5, 5.41) is 9.87. The summed E-state index contributed by atoms with van der Waals surface area (Å²) in [6.07, 6.45) is -4.55. The molecule has 3 rings (SSSR count). The van der Waals surface area contributed by atoms with E-state index in [4.69, 9.17) is 23.2 Å². The molecule has 1 aromatic heterocycles. The number of pyridine rings is 1. The Kier molecular flexibility index (Phi) is 5.01. The number of benzene rings is 2. The number of H-pyrrole nitrogens is 1. The predicted octanol–water partition coefficient (Wildman–Crippen LogP) is 5.91. The lowest BCUT2D eigenvalue weighted by Gasteiger charge is -2.11. The van der Waals surface area contributed by atoms with E-state index in [1.807, 2.05) is 0 Å². The summed E-state index contributed by atoms with van der Waals surface area (Å²) in [4.78, 5) is 14.9. The fourth-order valence-corrected chi connectivity index (χ4v) is 2.88. The van der Waals surface area contributed by atoms with Gasteiger partial charge in [-0.15, -0.1) is 0 Å². The Morgan fingerprint density at radius 3 is 2.33 bits per heavy atom. The first-order chi connectivity index (χ1) is 12.7. The lowest BCUT2D eigenvalue weighted by Crippen LogP contribution is -2.13. The van der Waals surface area contributed by atoms with Crippen molar-refractivity contribution in [3.05, 3.63) is 80.1 Å². The predicted molar refractivity (Wildman–Crippen MR) is 97.7 cm³/mol. The molecule has 27 heavy (non-hydrogen) atoms. The van der Waals surface area contributed by atoms with Crippen LogP contribution in [0.4, 0.5) is 13.2 Å². The molecule has 136 valence electrons. The third kappa shape index (κ3) is 3.85. The molecule has 0 saturated heterocycles. The zero-order chi connectivity index (χ0) is 19.8. The smallest absolute Gasteiger partial charge is 0.321 e. The zero-order valence-electron chi connectivity index (χ0n) is 13.4. The standard InChI is InChI=1S/C19H9Cl2F3N2O/c20-15-5-4-11(7-16(15)21)17-8-13(14(9-25)18(27)26-17)10-2-1-3-12(6-10)19(22,23)24/h1-8H,(H,26,27). The molecule has 3 nitrogen and oxygen atoms in total. The quantitative estimate of drug-likeness (QED) is 0.573. The highest BCUT2D eigenvalue weighted by molar-refractivity contribution is 6.42. The summed E-state index contributed by atoms with van der Waals surface area (Å²) < 4.78 is 39.0. The van der Waals surface area contributed by atoms with Gasteiger partial charge in [-0.05, 0) is 41.5 Å². The average molecular weight is 409 g/mol. The Morgan fingerprint density at radius 1 is 0.963 bits per heavy atom. The minimum Gasteiger partial charge on any atom is -0.321 e. The van der Waals surface area contributed by atoms with Gasteiger partial charge in [0.1, 0.15) is 11.6 Å². The molecule has 0 radical (unpaired) electrons. The second-order valence-corrected chi connectivity index (χ2v) is 6.43. The lowest BCUT2D eigenvalue weighted by atomic mass is 9.97. The van der Waals surface area contributed by atoms with Crippen molar-refractivity contribution in [3.8, 4) is 28.5 Å². The van der Waals surface area contributed by atoms with Gasteiger partial charge in [-0.25, -0.2) is 0 Å². The number of halogens is 5. The van der Waals surface area contributed by atoms with Crippen LogP contribution >= 0.6 is 23.2 Å². The summed E-state index contributed by atoms with van der Waals surface area (Å²) in [7, 11) is 0. The first-order valence-electron chi connectivity index (χ1n) is 7.51. The Labute approximate surface area is 161 Å². The average Bonchev–Trinajstić information content (AvgIpc) is 2.62. The molecule has 0 spiro atoms. The highest BCUT2D eigenvalue weighted by Crippen LogP contribution is 2.34.